The van der Waals surface area contributed by atoms with Crippen LogP contribution >= 0.6 is 0 Å². The Morgan fingerprint density at radius 3 is 2.53 bits per heavy atom. The van der Waals surface area contributed by atoms with Crippen LogP contribution in [0.4, 0.5) is 0 Å². The van der Waals surface area contributed by atoms with Crippen molar-refractivity contribution in [2.24, 2.45) is 17.6 Å². The minimum absolute atomic E-state index is 0.113. The summed E-state index contributed by atoms with van der Waals surface area (Å²) in [6.45, 7) is 6.30. The molecule has 3 N–H and O–H groups in total. The van der Waals surface area contributed by atoms with Crippen LogP contribution < -0.4 is 11.1 Å². The van der Waals surface area contributed by atoms with Crippen LogP contribution in [0.2, 0.25) is 0 Å². The number of hydrogen-bond donors (Lipinski definition) is 2. The Bertz CT molecular complexity index is 238. The van der Waals surface area contributed by atoms with Crippen LogP contribution in [0.25, 0.3) is 0 Å². The summed E-state index contributed by atoms with van der Waals surface area (Å²) in [6.07, 6.45) is 6.49. The van der Waals surface area contributed by atoms with E-state index in [4.69, 9.17) is 5.73 Å². The molecule has 0 aromatic heterocycles. The molecule has 0 aliphatic heterocycles. The van der Waals surface area contributed by atoms with E-state index >= 15 is 0 Å². The Morgan fingerprint density at radius 2 is 2.00 bits per heavy atom. The van der Waals surface area contributed by atoms with Gasteiger partial charge < -0.3 is 11.1 Å². The van der Waals surface area contributed by atoms with Crippen LogP contribution in [-0.4, -0.2) is 18.0 Å². The molecule has 1 aliphatic rings. The van der Waals surface area contributed by atoms with Crippen molar-refractivity contribution in [3.05, 3.63) is 0 Å². The topological polar surface area (TPSA) is 55.1 Å². The first kappa shape index (κ1) is 14.5. The van der Waals surface area contributed by atoms with Gasteiger partial charge in [0.1, 0.15) is 0 Å². The lowest BCUT2D eigenvalue weighted by Gasteiger charge is -2.31. The minimum Gasteiger partial charge on any atom is -0.353 e. The van der Waals surface area contributed by atoms with Gasteiger partial charge in [0, 0.05) is 18.0 Å². The molecule has 1 amide bonds. The molecular weight excluding hydrogens is 212 g/mol. The summed E-state index contributed by atoms with van der Waals surface area (Å²) in [4.78, 5) is 12.1. The zero-order chi connectivity index (χ0) is 12.8. The molecule has 1 fully saturated rings. The summed E-state index contributed by atoms with van der Waals surface area (Å²) in [7, 11) is 0. The number of nitrogens with one attached hydrogen (secondary N) is 1. The van der Waals surface area contributed by atoms with Crippen molar-refractivity contribution in [1.29, 1.82) is 0 Å². The van der Waals surface area contributed by atoms with E-state index in [1.165, 1.54) is 6.42 Å². The molecule has 1 rings (SSSR count). The number of carbonyl (C=O) groups excluding carboxylic acids is 1. The maximum absolute atomic E-state index is 12.1. The zero-order valence-corrected chi connectivity index (χ0v) is 11.5. The largest absolute Gasteiger partial charge is 0.353 e. The number of nitrogens with two attached hydrogens (primary N) is 1. The van der Waals surface area contributed by atoms with Gasteiger partial charge in [0.05, 0.1) is 0 Å². The SMILES string of the molecule is CCC(CC)NC(=O)C(C)C1CCCC(N)C1. The predicted octanol–water partition coefficient (Wildman–Crippen LogP) is 2.44. The average Bonchev–Trinajstić information content (AvgIpc) is 2.34. The molecule has 3 unspecified atom stereocenters. The Kier molecular flexibility index (Phi) is 5.96. The number of amides is 1. The lowest BCUT2D eigenvalue weighted by Crippen LogP contribution is -2.42. The van der Waals surface area contributed by atoms with E-state index in [1.807, 2.05) is 0 Å². The molecule has 3 atom stereocenters. The maximum Gasteiger partial charge on any atom is 0.223 e. The third-order valence-electron chi connectivity index (χ3n) is 4.21. The van der Waals surface area contributed by atoms with Crippen LogP contribution in [-0.2, 0) is 4.79 Å². The molecule has 100 valence electrons. The smallest absolute Gasteiger partial charge is 0.223 e. The number of hydrogen-bond acceptors (Lipinski definition) is 2. The second kappa shape index (κ2) is 7.00. The van der Waals surface area contributed by atoms with Crippen LogP contribution in [0.15, 0.2) is 0 Å². The van der Waals surface area contributed by atoms with Crippen molar-refractivity contribution in [3.63, 3.8) is 0 Å². The van der Waals surface area contributed by atoms with E-state index in [2.05, 4.69) is 26.1 Å². The highest BCUT2D eigenvalue weighted by atomic mass is 16.1. The lowest BCUT2D eigenvalue weighted by molar-refractivity contribution is -0.127. The van der Waals surface area contributed by atoms with E-state index < -0.39 is 0 Å². The standard InChI is InChI=1S/C14H28N2O/c1-4-13(5-2)16-14(17)10(3)11-7-6-8-12(15)9-11/h10-13H,4-9,15H2,1-3H3,(H,16,17). The quantitative estimate of drug-likeness (QED) is 0.775. The highest BCUT2D eigenvalue weighted by Crippen LogP contribution is 2.29. The van der Waals surface area contributed by atoms with Crippen molar-refractivity contribution in [3.8, 4) is 0 Å². The van der Waals surface area contributed by atoms with Crippen LogP contribution in [0.3, 0.4) is 0 Å². The lowest BCUT2D eigenvalue weighted by atomic mass is 9.78. The molecule has 0 aromatic rings. The molecule has 0 heterocycles. The Morgan fingerprint density at radius 1 is 1.35 bits per heavy atom. The second-order valence-electron chi connectivity index (χ2n) is 5.50. The second-order valence-corrected chi connectivity index (χ2v) is 5.50. The minimum atomic E-state index is 0.113. The van der Waals surface area contributed by atoms with E-state index in [0.717, 1.165) is 32.1 Å². The summed E-state index contributed by atoms with van der Waals surface area (Å²) in [5.41, 5.74) is 5.98. The third kappa shape index (κ3) is 4.30. The van der Waals surface area contributed by atoms with Gasteiger partial charge >= 0.3 is 0 Å². The van der Waals surface area contributed by atoms with Gasteiger partial charge in [0.25, 0.3) is 0 Å². The molecule has 3 nitrogen and oxygen atoms in total. The number of carbonyl (C=O) groups is 1. The summed E-state index contributed by atoms with van der Waals surface area (Å²) >= 11 is 0. The first-order valence-electron chi connectivity index (χ1n) is 7.14. The summed E-state index contributed by atoms with van der Waals surface area (Å²) in [5, 5.41) is 3.15. The molecule has 0 saturated heterocycles. The van der Waals surface area contributed by atoms with E-state index in [9.17, 15) is 4.79 Å². The third-order valence-corrected chi connectivity index (χ3v) is 4.21. The molecule has 0 spiro atoms. The first-order valence-corrected chi connectivity index (χ1v) is 7.14. The molecular formula is C14H28N2O. The highest BCUT2D eigenvalue weighted by molar-refractivity contribution is 5.78. The summed E-state index contributed by atoms with van der Waals surface area (Å²) < 4.78 is 0. The normalized spacial score (nSPS) is 26.9. The molecule has 17 heavy (non-hydrogen) atoms. The fourth-order valence-corrected chi connectivity index (χ4v) is 2.76. The van der Waals surface area contributed by atoms with Crippen molar-refractivity contribution in [2.45, 2.75) is 71.4 Å². The van der Waals surface area contributed by atoms with Gasteiger partial charge in [-0.3, -0.25) is 4.79 Å². The zero-order valence-electron chi connectivity index (χ0n) is 11.5. The summed E-state index contributed by atoms with van der Waals surface area (Å²) in [6, 6.07) is 0.638. The summed E-state index contributed by atoms with van der Waals surface area (Å²) in [5.74, 6) is 0.813. The van der Waals surface area contributed by atoms with Gasteiger partial charge in [-0.05, 0) is 38.0 Å². The van der Waals surface area contributed by atoms with Gasteiger partial charge in [-0.1, -0.05) is 27.2 Å². The monoisotopic (exact) mass is 240 g/mol. The van der Waals surface area contributed by atoms with Crippen LogP contribution in [0.1, 0.15) is 59.3 Å². The first-order chi connectivity index (χ1) is 8.08. The van der Waals surface area contributed by atoms with Crippen molar-refractivity contribution in [1.82, 2.24) is 5.32 Å². The van der Waals surface area contributed by atoms with Crippen molar-refractivity contribution >= 4 is 5.91 Å². The van der Waals surface area contributed by atoms with Crippen molar-refractivity contribution < 1.29 is 4.79 Å². The Balaban J connectivity index is 2.45. The van der Waals surface area contributed by atoms with Crippen molar-refractivity contribution in [2.75, 3.05) is 0 Å². The van der Waals surface area contributed by atoms with Gasteiger partial charge in [-0.2, -0.15) is 0 Å². The molecule has 1 saturated carbocycles. The highest BCUT2D eigenvalue weighted by Gasteiger charge is 2.28. The Labute approximate surface area is 106 Å². The molecule has 3 heteroatoms. The van der Waals surface area contributed by atoms with Crippen LogP contribution in [0.5, 0.6) is 0 Å². The maximum atomic E-state index is 12.1. The molecule has 0 bridgehead atoms. The molecule has 0 radical (unpaired) electrons. The van der Waals surface area contributed by atoms with Gasteiger partial charge in [0.15, 0.2) is 0 Å². The van der Waals surface area contributed by atoms with Crippen LogP contribution in [0, 0.1) is 11.8 Å². The van der Waals surface area contributed by atoms with E-state index in [0.29, 0.717) is 18.0 Å². The van der Waals surface area contributed by atoms with Gasteiger partial charge in [-0.25, -0.2) is 0 Å². The van der Waals surface area contributed by atoms with Gasteiger partial charge in [0.2, 0.25) is 5.91 Å². The van der Waals surface area contributed by atoms with E-state index in [-0.39, 0.29) is 11.8 Å². The molecule has 0 aromatic carbocycles. The Hall–Kier alpha value is -0.570. The van der Waals surface area contributed by atoms with E-state index in [1.54, 1.807) is 0 Å². The fourth-order valence-electron chi connectivity index (χ4n) is 2.76. The van der Waals surface area contributed by atoms with Gasteiger partial charge in [-0.15, -0.1) is 0 Å². The number of rotatable bonds is 5. The fraction of sp³-hybridized carbons (Fsp3) is 0.929. The predicted molar refractivity (Wildman–Crippen MR) is 71.6 cm³/mol. The molecule has 1 aliphatic carbocycles. The average molecular weight is 240 g/mol.